The topological polar surface area (TPSA) is 43.6 Å². The Morgan fingerprint density at radius 1 is 1.15 bits per heavy atom. The van der Waals surface area contributed by atoms with Crippen molar-refractivity contribution < 1.29 is 4.74 Å². The quantitative estimate of drug-likeness (QED) is 0.727. The third-order valence-electron chi connectivity index (χ3n) is 3.01. The van der Waals surface area contributed by atoms with Crippen LogP contribution in [0.3, 0.4) is 0 Å². The van der Waals surface area contributed by atoms with Gasteiger partial charge >= 0.3 is 0 Å². The largest absolute Gasteiger partial charge is 0.497 e. The van der Waals surface area contributed by atoms with Crippen molar-refractivity contribution in [2.24, 2.45) is 0 Å². The maximum Gasteiger partial charge on any atom is 0.258 e. The van der Waals surface area contributed by atoms with Crippen LogP contribution in [0.1, 0.15) is 0 Å². The summed E-state index contributed by atoms with van der Waals surface area (Å²) in [6.07, 6.45) is 1.65. The van der Waals surface area contributed by atoms with Gasteiger partial charge in [-0.2, -0.15) is 0 Å². The highest BCUT2D eigenvalue weighted by Gasteiger charge is 2.05. The molecular weight excluding hydrogens is 276 g/mol. The van der Waals surface area contributed by atoms with Crippen LogP contribution in [-0.4, -0.2) is 16.5 Å². The van der Waals surface area contributed by atoms with Gasteiger partial charge in [-0.15, -0.1) is 0 Å². The van der Waals surface area contributed by atoms with Crippen LogP contribution in [0.2, 0.25) is 5.02 Å². The minimum atomic E-state index is -0.136. The van der Waals surface area contributed by atoms with Crippen molar-refractivity contribution in [2.45, 2.75) is 0 Å². The molecule has 5 heteroatoms. The molecule has 4 nitrogen and oxygen atoms in total. The van der Waals surface area contributed by atoms with Gasteiger partial charge < -0.3 is 4.74 Å². The van der Waals surface area contributed by atoms with Crippen molar-refractivity contribution in [2.75, 3.05) is 7.11 Å². The molecule has 100 valence electrons. The number of hydrogen-bond donors (Lipinski definition) is 0. The molecular formula is C15H11ClN2O2. The lowest BCUT2D eigenvalue weighted by Gasteiger charge is -2.06. The molecule has 3 rings (SSSR count). The van der Waals surface area contributed by atoms with Gasteiger partial charge in [0.1, 0.15) is 11.4 Å². The highest BCUT2D eigenvalue weighted by atomic mass is 35.5. The highest BCUT2D eigenvalue weighted by Crippen LogP contribution is 2.20. The lowest BCUT2D eigenvalue weighted by molar-refractivity contribution is 0.414. The summed E-state index contributed by atoms with van der Waals surface area (Å²) in [5, 5.41) is 0.646. The van der Waals surface area contributed by atoms with Gasteiger partial charge in [0.25, 0.3) is 5.56 Å². The van der Waals surface area contributed by atoms with E-state index in [1.165, 1.54) is 10.5 Å². The molecule has 0 unspecified atom stereocenters. The average molecular weight is 287 g/mol. The minimum absolute atomic E-state index is 0.136. The van der Waals surface area contributed by atoms with Crippen LogP contribution >= 0.6 is 11.6 Å². The van der Waals surface area contributed by atoms with Gasteiger partial charge in [0.05, 0.1) is 12.8 Å². The van der Waals surface area contributed by atoms with Gasteiger partial charge in [-0.3, -0.25) is 9.20 Å². The summed E-state index contributed by atoms with van der Waals surface area (Å²) in [6.45, 7) is 0. The summed E-state index contributed by atoms with van der Waals surface area (Å²) in [5.41, 5.74) is 1.86. The van der Waals surface area contributed by atoms with Crippen molar-refractivity contribution in [3.63, 3.8) is 0 Å². The molecule has 0 aliphatic heterocycles. The third kappa shape index (κ3) is 2.26. The van der Waals surface area contributed by atoms with E-state index in [9.17, 15) is 4.79 Å². The van der Waals surface area contributed by atoms with Crippen molar-refractivity contribution in [3.05, 3.63) is 64.0 Å². The maximum absolute atomic E-state index is 12.1. The van der Waals surface area contributed by atoms with Gasteiger partial charge in [-0.25, -0.2) is 4.98 Å². The zero-order valence-electron chi connectivity index (χ0n) is 10.7. The predicted molar refractivity (Wildman–Crippen MR) is 78.5 cm³/mol. The van der Waals surface area contributed by atoms with E-state index in [1.54, 1.807) is 37.6 Å². The molecule has 0 aliphatic rings. The van der Waals surface area contributed by atoms with Crippen molar-refractivity contribution in [1.82, 2.24) is 9.38 Å². The van der Waals surface area contributed by atoms with E-state index in [1.807, 2.05) is 12.1 Å². The summed E-state index contributed by atoms with van der Waals surface area (Å²) < 4.78 is 6.62. The Morgan fingerprint density at radius 3 is 2.60 bits per heavy atom. The Labute approximate surface area is 120 Å². The highest BCUT2D eigenvalue weighted by molar-refractivity contribution is 6.30. The van der Waals surface area contributed by atoms with E-state index in [0.717, 1.165) is 5.56 Å². The Balaban J connectivity index is 2.22. The number of ether oxygens (including phenoxy) is 1. The molecule has 0 N–H and O–H groups in total. The smallest absolute Gasteiger partial charge is 0.258 e. The Kier molecular flexibility index (Phi) is 3.16. The molecule has 0 saturated heterocycles. The summed E-state index contributed by atoms with van der Waals surface area (Å²) in [6, 6.07) is 12.2. The van der Waals surface area contributed by atoms with E-state index in [0.29, 0.717) is 22.1 Å². The predicted octanol–water partition coefficient (Wildman–Crippen LogP) is 3.02. The second-order valence-corrected chi connectivity index (χ2v) is 4.72. The van der Waals surface area contributed by atoms with Crippen molar-refractivity contribution >= 4 is 17.2 Å². The summed E-state index contributed by atoms with van der Waals surface area (Å²) in [5.74, 6) is 0.658. The van der Waals surface area contributed by atoms with Crippen LogP contribution in [0.4, 0.5) is 0 Å². The van der Waals surface area contributed by atoms with Gasteiger partial charge in [-0.1, -0.05) is 23.7 Å². The fourth-order valence-corrected chi connectivity index (χ4v) is 2.11. The molecule has 0 amide bonds. The lowest BCUT2D eigenvalue weighted by atomic mass is 10.1. The van der Waals surface area contributed by atoms with Crippen molar-refractivity contribution in [3.8, 4) is 17.0 Å². The fourth-order valence-electron chi connectivity index (χ4n) is 1.98. The second kappa shape index (κ2) is 4.98. The van der Waals surface area contributed by atoms with Crippen LogP contribution in [0, 0.1) is 0 Å². The first kappa shape index (κ1) is 12.7. The molecule has 3 aromatic rings. The molecule has 2 heterocycles. The van der Waals surface area contributed by atoms with E-state index >= 15 is 0 Å². The number of hydrogen-bond acceptors (Lipinski definition) is 3. The number of pyridine rings is 1. The number of aromatic nitrogens is 2. The van der Waals surface area contributed by atoms with Crippen LogP contribution < -0.4 is 10.3 Å². The Bertz CT molecular complexity index is 825. The van der Waals surface area contributed by atoms with E-state index in [2.05, 4.69) is 4.98 Å². The van der Waals surface area contributed by atoms with Crippen molar-refractivity contribution in [1.29, 1.82) is 0 Å². The first-order chi connectivity index (χ1) is 9.67. The van der Waals surface area contributed by atoms with Gasteiger partial charge in [0.2, 0.25) is 0 Å². The minimum Gasteiger partial charge on any atom is -0.497 e. The zero-order chi connectivity index (χ0) is 14.1. The summed E-state index contributed by atoms with van der Waals surface area (Å²) in [7, 11) is 1.58. The first-order valence-electron chi connectivity index (χ1n) is 6.01. The molecule has 0 bridgehead atoms. The summed E-state index contributed by atoms with van der Waals surface area (Å²) >= 11 is 5.86. The molecule has 0 radical (unpaired) electrons. The van der Waals surface area contributed by atoms with Gasteiger partial charge in [0.15, 0.2) is 0 Å². The van der Waals surface area contributed by atoms with E-state index < -0.39 is 0 Å². The standard InChI is InChI=1S/C15H11ClN2O2/c1-20-12-6-7-18-14(8-12)17-13(9-15(18)19)10-2-4-11(16)5-3-10/h2-9H,1H3. The molecule has 0 spiro atoms. The monoisotopic (exact) mass is 286 g/mol. The Hall–Kier alpha value is -2.33. The molecule has 1 aromatic carbocycles. The van der Waals surface area contributed by atoms with E-state index in [-0.39, 0.29) is 5.56 Å². The van der Waals surface area contributed by atoms with Crippen LogP contribution in [-0.2, 0) is 0 Å². The van der Waals surface area contributed by atoms with Crippen LogP contribution in [0.25, 0.3) is 16.9 Å². The zero-order valence-corrected chi connectivity index (χ0v) is 11.5. The normalized spacial score (nSPS) is 10.7. The number of methoxy groups -OCH3 is 1. The molecule has 0 fully saturated rings. The lowest BCUT2D eigenvalue weighted by Crippen LogP contribution is -2.14. The number of rotatable bonds is 2. The first-order valence-corrected chi connectivity index (χ1v) is 6.38. The number of halogens is 1. The Morgan fingerprint density at radius 2 is 1.90 bits per heavy atom. The molecule has 2 aromatic heterocycles. The second-order valence-electron chi connectivity index (χ2n) is 4.28. The molecule has 0 aliphatic carbocycles. The van der Waals surface area contributed by atoms with Gasteiger partial charge in [-0.05, 0) is 18.2 Å². The molecule has 0 atom stereocenters. The van der Waals surface area contributed by atoms with Gasteiger partial charge in [0, 0.05) is 28.9 Å². The molecule has 0 saturated carbocycles. The number of nitrogens with zero attached hydrogens (tertiary/aromatic N) is 2. The van der Waals surface area contributed by atoms with Crippen LogP contribution in [0.15, 0.2) is 53.5 Å². The number of benzene rings is 1. The molecule has 20 heavy (non-hydrogen) atoms. The third-order valence-corrected chi connectivity index (χ3v) is 3.27. The fraction of sp³-hybridized carbons (Fsp3) is 0.0667. The van der Waals surface area contributed by atoms with E-state index in [4.69, 9.17) is 16.3 Å². The SMILES string of the molecule is COc1ccn2c(=O)cc(-c3ccc(Cl)cc3)nc2c1. The van der Waals surface area contributed by atoms with Crippen LogP contribution in [0.5, 0.6) is 5.75 Å². The maximum atomic E-state index is 12.1. The summed E-state index contributed by atoms with van der Waals surface area (Å²) in [4.78, 5) is 16.6. The number of fused-ring (bicyclic) bond motifs is 1. The average Bonchev–Trinajstić information content (AvgIpc) is 2.47.